The topological polar surface area (TPSA) is 50.5 Å². The Morgan fingerprint density at radius 2 is 2.05 bits per heavy atom. The first kappa shape index (κ1) is 12.3. The Balaban J connectivity index is 1.96. The van der Waals surface area contributed by atoms with Gasteiger partial charge in [0.2, 0.25) is 0 Å². The third-order valence-corrected chi connectivity index (χ3v) is 3.07. The molecule has 0 bridgehead atoms. The molecule has 100 valence electrons. The van der Waals surface area contributed by atoms with Crippen LogP contribution in [0.4, 0.5) is 5.82 Å². The maximum absolute atomic E-state index is 12.0. The molecule has 0 aliphatic carbocycles. The Hall–Kier alpha value is -2.69. The van der Waals surface area contributed by atoms with Crippen molar-refractivity contribution in [1.29, 1.82) is 0 Å². The lowest BCUT2D eigenvalue weighted by Crippen LogP contribution is -2.22. The monoisotopic (exact) mass is 266 g/mol. The molecule has 0 saturated heterocycles. The van der Waals surface area contributed by atoms with Gasteiger partial charge in [0, 0.05) is 25.5 Å². The van der Waals surface area contributed by atoms with E-state index >= 15 is 0 Å². The minimum absolute atomic E-state index is 0.0847. The lowest BCUT2D eigenvalue weighted by molar-refractivity contribution is 0.859. The summed E-state index contributed by atoms with van der Waals surface area (Å²) in [6, 6.07) is 12.8. The Morgan fingerprint density at radius 1 is 1.20 bits per heavy atom. The zero-order valence-corrected chi connectivity index (χ0v) is 11.1. The van der Waals surface area contributed by atoms with E-state index in [4.69, 9.17) is 0 Å². The molecule has 0 unspecified atom stereocenters. The lowest BCUT2D eigenvalue weighted by Gasteiger charge is -2.17. The summed E-state index contributed by atoms with van der Waals surface area (Å²) in [5.74, 6) is 0.645. The van der Waals surface area contributed by atoms with Crippen molar-refractivity contribution in [3.63, 3.8) is 0 Å². The third kappa shape index (κ3) is 2.38. The zero-order valence-electron chi connectivity index (χ0n) is 11.1. The van der Waals surface area contributed by atoms with E-state index < -0.39 is 0 Å². The van der Waals surface area contributed by atoms with Crippen LogP contribution in [-0.2, 0) is 6.54 Å². The molecule has 0 amide bonds. The average molecular weight is 266 g/mol. The molecular formula is C15H14N4O. The van der Waals surface area contributed by atoms with Gasteiger partial charge in [-0.25, -0.2) is 4.98 Å². The number of pyridine rings is 2. The van der Waals surface area contributed by atoms with E-state index in [0.29, 0.717) is 18.0 Å². The van der Waals surface area contributed by atoms with Gasteiger partial charge in [0.05, 0.1) is 12.2 Å². The number of hydrogen-bond donors (Lipinski definition) is 0. The molecule has 0 saturated carbocycles. The highest BCUT2D eigenvalue weighted by molar-refractivity contribution is 5.47. The molecule has 3 aromatic heterocycles. The van der Waals surface area contributed by atoms with Crippen LogP contribution in [0.1, 0.15) is 5.69 Å². The maximum atomic E-state index is 12.0. The average Bonchev–Trinajstić information content (AvgIpc) is 2.48. The Bertz CT molecular complexity index is 782. The molecule has 0 aromatic carbocycles. The first-order valence-electron chi connectivity index (χ1n) is 6.33. The van der Waals surface area contributed by atoms with E-state index in [2.05, 4.69) is 9.97 Å². The van der Waals surface area contributed by atoms with Gasteiger partial charge in [-0.05, 0) is 24.3 Å². The molecular weight excluding hydrogens is 252 g/mol. The van der Waals surface area contributed by atoms with Gasteiger partial charge in [0.1, 0.15) is 11.5 Å². The quantitative estimate of drug-likeness (QED) is 0.724. The highest BCUT2D eigenvalue weighted by atomic mass is 16.1. The first-order chi connectivity index (χ1) is 9.74. The third-order valence-electron chi connectivity index (χ3n) is 3.07. The number of aromatic nitrogens is 3. The van der Waals surface area contributed by atoms with Gasteiger partial charge in [0.25, 0.3) is 5.56 Å². The SMILES string of the molecule is CN(Cc1ccccn1)c1cc(=O)n2ccccc2n1. The van der Waals surface area contributed by atoms with Crippen LogP contribution in [0.5, 0.6) is 0 Å². The second-order valence-electron chi connectivity index (χ2n) is 4.56. The fourth-order valence-corrected chi connectivity index (χ4v) is 2.05. The molecule has 0 spiro atoms. The van der Waals surface area contributed by atoms with Gasteiger partial charge in [0.15, 0.2) is 0 Å². The second kappa shape index (κ2) is 5.13. The first-order valence-corrected chi connectivity index (χ1v) is 6.33. The summed E-state index contributed by atoms with van der Waals surface area (Å²) in [6.45, 7) is 0.607. The summed E-state index contributed by atoms with van der Waals surface area (Å²) >= 11 is 0. The number of rotatable bonds is 3. The summed E-state index contributed by atoms with van der Waals surface area (Å²) < 4.78 is 1.53. The highest BCUT2D eigenvalue weighted by Crippen LogP contribution is 2.10. The second-order valence-corrected chi connectivity index (χ2v) is 4.56. The van der Waals surface area contributed by atoms with Crippen LogP contribution < -0.4 is 10.5 Å². The molecule has 3 heterocycles. The number of hydrogen-bond acceptors (Lipinski definition) is 4. The Morgan fingerprint density at radius 3 is 2.85 bits per heavy atom. The van der Waals surface area contributed by atoms with E-state index in [1.54, 1.807) is 12.4 Å². The molecule has 0 aliphatic heterocycles. The predicted molar refractivity (Wildman–Crippen MR) is 77.8 cm³/mol. The minimum atomic E-state index is -0.0847. The zero-order chi connectivity index (χ0) is 13.9. The van der Waals surface area contributed by atoms with Crippen molar-refractivity contribution in [2.24, 2.45) is 0 Å². The smallest absolute Gasteiger partial charge is 0.259 e. The summed E-state index contributed by atoms with van der Waals surface area (Å²) in [5, 5.41) is 0. The lowest BCUT2D eigenvalue weighted by atomic mass is 10.3. The van der Waals surface area contributed by atoms with Crippen molar-refractivity contribution in [2.75, 3.05) is 11.9 Å². The number of fused-ring (bicyclic) bond motifs is 1. The fraction of sp³-hybridized carbons (Fsp3) is 0.133. The largest absolute Gasteiger partial charge is 0.354 e. The van der Waals surface area contributed by atoms with E-state index in [-0.39, 0.29) is 5.56 Å². The van der Waals surface area contributed by atoms with Gasteiger partial charge in [-0.15, -0.1) is 0 Å². The minimum Gasteiger partial charge on any atom is -0.354 e. The maximum Gasteiger partial charge on any atom is 0.259 e. The van der Waals surface area contributed by atoms with E-state index in [9.17, 15) is 4.79 Å². The van der Waals surface area contributed by atoms with Crippen LogP contribution in [0, 0.1) is 0 Å². The summed E-state index contributed by atoms with van der Waals surface area (Å²) in [4.78, 5) is 22.7. The fourth-order valence-electron chi connectivity index (χ4n) is 2.05. The molecule has 5 heteroatoms. The molecule has 0 aliphatic rings. The number of nitrogens with zero attached hydrogens (tertiary/aromatic N) is 4. The van der Waals surface area contributed by atoms with Crippen LogP contribution in [0.2, 0.25) is 0 Å². The Kier molecular flexibility index (Phi) is 3.16. The van der Waals surface area contributed by atoms with Crippen molar-refractivity contribution in [3.8, 4) is 0 Å². The molecule has 3 aromatic rings. The predicted octanol–water partition coefficient (Wildman–Crippen LogP) is 1.73. The highest BCUT2D eigenvalue weighted by Gasteiger charge is 2.07. The molecule has 0 radical (unpaired) electrons. The van der Waals surface area contributed by atoms with Crippen molar-refractivity contribution < 1.29 is 0 Å². The molecule has 0 fully saturated rings. The molecule has 0 N–H and O–H groups in total. The Labute approximate surface area is 116 Å². The molecule has 3 rings (SSSR count). The van der Waals surface area contributed by atoms with E-state index in [1.165, 1.54) is 10.5 Å². The van der Waals surface area contributed by atoms with Crippen LogP contribution in [0.3, 0.4) is 0 Å². The van der Waals surface area contributed by atoms with Gasteiger partial charge in [-0.1, -0.05) is 12.1 Å². The van der Waals surface area contributed by atoms with E-state index in [1.807, 2.05) is 48.3 Å². The van der Waals surface area contributed by atoms with Crippen LogP contribution in [0.25, 0.3) is 5.65 Å². The van der Waals surface area contributed by atoms with Crippen molar-refractivity contribution in [1.82, 2.24) is 14.4 Å². The summed E-state index contributed by atoms with van der Waals surface area (Å²) in [7, 11) is 1.90. The van der Waals surface area contributed by atoms with Gasteiger partial charge < -0.3 is 4.90 Å². The van der Waals surface area contributed by atoms with Crippen LogP contribution >= 0.6 is 0 Å². The van der Waals surface area contributed by atoms with E-state index in [0.717, 1.165) is 5.69 Å². The normalized spacial score (nSPS) is 10.7. The van der Waals surface area contributed by atoms with Crippen LogP contribution in [0.15, 0.2) is 59.7 Å². The van der Waals surface area contributed by atoms with Gasteiger partial charge in [-0.3, -0.25) is 14.2 Å². The van der Waals surface area contributed by atoms with Crippen LogP contribution in [-0.4, -0.2) is 21.4 Å². The summed E-state index contributed by atoms with van der Waals surface area (Å²) in [5.41, 5.74) is 1.49. The molecule has 0 atom stereocenters. The summed E-state index contributed by atoms with van der Waals surface area (Å²) in [6.07, 6.45) is 3.47. The standard InChI is InChI=1S/C15H14N4O/c1-18(11-12-6-2-4-8-16-12)14-10-15(20)19-9-5-3-7-13(19)17-14/h2-10H,11H2,1H3. The van der Waals surface area contributed by atoms with Gasteiger partial charge >= 0.3 is 0 Å². The van der Waals surface area contributed by atoms with Crippen molar-refractivity contribution in [3.05, 3.63) is 70.9 Å². The van der Waals surface area contributed by atoms with Gasteiger partial charge in [-0.2, -0.15) is 0 Å². The van der Waals surface area contributed by atoms with Crippen molar-refractivity contribution in [2.45, 2.75) is 6.54 Å². The number of anilines is 1. The molecule has 20 heavy (non-hydrogen) atoms. The van der Waals surface area contributed by atoms with Crippen molar-refractivity contribution >= 4 is 11.5 Å². The molecule has 5 nitrogen and oxygen atoms in total.